The standard InChI is InChI=1S/C13H16ClN3O/c14-11-1-2-12(17-9-11)13(18)16-8-5-10-3-6-15-7-4-10/h1-3,9,15H,4-8H2,(H,16,18). The molecule has 0 unspecified atom stereocenters. The monoisotopic (exact) mass is 265 g/mol. The lowest BCUT2D eigenvalue weighted by Crippen LogP contribution is -2.27. The van der Waals surface area contributed by atoms with Crippen LogP contribution in [0.3, 0.4) is 0 Å². The van der Waals surface area contributed by atoms with E-state index in [2.05, 4.69) is 21.7 Å². The minimum atomic E-state index is -0.152. The second-order valence-corrected chi connectivity index (χ2v) is 4.62. The van der Waals surface area contributed by atoms with Crippen LogP contribution in [0.15, 0.2) is 30.0 Å². The van der Waals surface area contributed by atoms with Gasteiger partial charge in [-0.2, -0.15) is 0 Å². The summed E-state index contributed by atoms with van der Waals surface area (Å²) < 4.78 is 0. The summed E-state index contributed by atoms with van der Waals surface area (Å²) in [4.78, 5) is 15.7. The Labute approximate surface area is 111 Å². The minimum absolute atomic E-state index is 0.152. The average Bonchev–Trinajstić information content (AvgIpc) is 2.40. The smallest absolute Gasteiger partial charge is 0.269 e. The molecule has 2 N–H and O–H groups in total. The quantitative estimate of drug-likeness (QED) is 0.816. The molecule has 0 saturated heterocycles. The summed E-state index contributed by atoms with van der Waals surface area (Å²) in [6.45, 7) is 2.61. The first-order chi connectivity index (χ1) is 8.75. The fraction of sp³-hybridized carbons (Fsp3) is 0.385. The number of hydrogen-bond donors (Lipinski definition) is 2. The summed E-state index contributed by atoms with van der Waals surface area (Å²) in [5.41, 5.74) is 1.80. The minimum Gasteiger partial charge on any atom is -0.350 e. The molecule has 0 radical (unpaired) electrons. The van der Waals surface area contributed by atoms with Crippen molar-refractivity contribution in [3.05, 3.63) is 40.7 Å². The van der Waals surface area contributed by atoms with E-state index in [1.165, 1.54) is 11.8 Å². The number of aromatic nitrogens is 1. The van der Waals surface area contributed by atoms with Crippen LogP contribution in [-0.2, 0) is 0 Å². The van der Waals surface area contributed by atoms with Gasteiger partial charge in [0, 0.05) is 19.3 Å². The van der Waals surface area contributed by atoms with E-state index in [9.17, 15) is 4.79 Å². The number of carbonyl (C=O) groups excluding carboxylic acids is 1. The highest BCUT2D eigenvalue weighted by Gasteiger charge is 2.07. The van der Waals surface area contributed by atoms with Crippen LogP contribution < -0.4 is 10.6 Å². The van der Waals surface area contributed by atoms with Crippen molar-refractivity contribution in [1.29, 1.82) is 0 Å². The first-order valence-corrected chi connectivity index (χ1v) is 6.42. The molecule has 0 saturated carbocycles. The zero-order valence-electron chi connectivity index (χ0n) is 10.1. The zero-order valence-corrected chi connectivity index (χ0v) is 10.8. The molecule has 0 fully saturated rings. The Morgan fingerprint density at radius 3 is 3.06 bits per heavy atom. The first kappa shape index (κ1) is 13.1. The Morgan fingerprint density at radius 1 is 1.50 bits per heavy atom. The SMILES string of the molecule is O=C(NCCC1=CCNCC1)c1ccc(Cl)cn1. The molecular weight excluding hydrogens is 250 g/mol. The fourth-order valence-corrected chi connectivity index (χ4v) is 1.95. The molecule has 2 rings (SSSR count). The fourth-order valence-electron chi connectivity index (χ4n) is 1.83. The van der Waals surface area contributed by atoms with E-state index >= 15 is 0 Å². The highest BCUT2D eigenvalue weighted by atomic mass is 35.5. The molecule has 4 nitrogen and oxygen atoms in total. The van der Waals surface area contributed by atoms with E-state index < -0.39 is 0 Å². The highest BCUT2D eigenvalue weighted by molar-refractivity contribution is 6.30. The summed E-state index contributed by atoms with van der Waals surface area (Å²) in [6.07, 6.45) is 5.64. The molecule has 0 aliphatic carbocycles. The number of nitrogens with one attached hydrogen (secondary N) is 2. The van der Waals surface area contributed by atoms with Crippen molar-refractivity contribution in [2.24, 2.45) is 0 Å². The predicted octanol–water partition coefficient (Wildman–Crippen LogP) is 1.77. The molecule has 18 heavy (non-hydrogen) atoms. The summed E-state index contributed by atoms with van der Waals surface area (Å²) in [5, 5.41) is 6.65. The molecule has 2 heterocycles. The molecule has 1 aliphatic rings. The van der Waals surface area contributed by atoms with Crippen LogP contribution in [0.5, 0.6) is 0 Å². The van der Waals surface area contributed by atoms with Gasteiger partial charge in [0.25, 0.3) is 5.91 Å². The van der Waals surface area contributed by atoms with Crippen LogP contribution in [0.1, 0.15) is 23.3 Å². The summed E-state index contributed by atoms with van der Waals surface area (Å²) in [5.74, 6) is -0.152. The van der Waals surface area contributed by atoms with Crippen molar-refractivity contribution >= 4 is 17.5 Å². The number of nitrogens with zero attached hydrogens (tertiary/aromatic N) is 1. The van der Waals surface area contributed by atoms with Gasteiger partial charge in [0.15, 0.2) is 0 Å². The van der Waals surface area contributed by atoms with Gasteiger partial charge >= 0.3 is 0 Å². The molecule has 1 aliphatic heterocycles. The maximum absolute atomic E-state index is 11.7. The highest BCUT2D eigenvalue weighted by Crippen LogP contribution is 2.08. The summed E-state index contributed by atoms with van der Waals surface area (Å²) in [6, 6.07) is 3.29. The number of rotatable bonds is 4. The third-order valence-corrected chi connectivity index (χ3v) is 3.07. The number of carbonyl (C=O) groups is 1. The van der Waals surface area contributed by atoms with E-state index in [0.717, 1.165) is 25.9 Å². The van der Waals surface area contributed by atoms with Gasteiger partial charge < -0.3 is 10.6 Å². The van der Waals surface area contributed by atoms with Gasteiger partial charge in [-0.1, -0.05) is 23.3 Å². The Kier molecular flexibility index (Phi) is 4.73. The molecule has 1 aromatic heterocycles. The van der Waals surface area contributed by atoms with Crippen LogP contribution in [0.25, 0.3) is 0 Å². The van der Waals surface area contributed by atoms with E-state index in [1.807, 2.05) is 0 Å². The van der Waals surface area contributed by atoms with Gasteiger partial charge in [-0.25, -0.2) is 4.98 Å². The van der Waals surface area contributed by atoms with Crippen LogP contribution in [-0.4, -0.2) is 30.5 Å². The first-order valence-electron chi connectivity index (χ1n) is 6.04. The van der Waals surface area contributed by atoms with Crippen molar-refractivity contribution in [1.82, 2.24) is 15.6 Å². The lowest BCUT2D eigenvalue weighted by Gasteiger charge is -2.14. The summed E-state index contributed by atoms with van der Waals surface area (Å²) in [7, 11) is 0. The third-order valence-electron chi connectivity index (χ3n) is 2.85. The van der Waals surface area contributed by atoms with Crippen molar-refractivity contribution in [3.63, 3.8) is 0 Å². The summed E-state index contributed by atoms with van der Waals surface area (Å²) >= 11 is 5.71. The number of halogens is 1. The second kappa shape index (κ2) is 6.52. The number of pyridine rings is 1. The lowest BCUT2D eigenvalue weighted by atomic mass is 10.1. The Bertz CT molecular complexity index is 442. The molecular formula is C13H16ClN3O. The van der Waals surface area contributed by atoms with Gasteiger partial charge in [-0.15, -0.1) is 0 Å². The Hall–Kier alpha value is -1.39. The van der Waals surface area contributed by atoms with Crippen molar-refractivity contribution < 1.29 is 4.79 Å². The van der Waals surface area contributed by atoms with E-state index in [0.29, 0.717) is 17.3 Å². The zero-order chi connectivity index (χ0) is 12.8. The van der Waals surface area contributed by atoms with Gasteiger partial charge in [0.2, 0.25) is 0 Å². The molecule has 5 heteroatoms. The average molecular weight is 266 g/mol. The molecule has 0 bridgehead atoms. The predicted molar refractivity (Wildman–Crippen MR) is 71.8 cm³/mol. The number of hydrogen-bond acceptors (Lipinski definition) is 3. The van der Waals surface area contributed by atoms with E-state index in [1.54, 1.807) is 12.1 Å². The molecule has 0 atom stereocenters. The number of amides is 1. The maximum Gasteiger partial charge on any atom is 0.269 e. The van der Waals surface area contributed by atoms with Gasteiger partial charge in [-0.05, 0) is 31.5 Å². The Morgan fingerprint density at radius 2 is 2.39 bits per heavy atom. The molecule has 0 aromatic carbocycles. The van der Waals surface area contributed by atoms with E-state index in [4.69, 9.17) is 11.6 Å². The molecule has 1 aromatic rings. The van der Waals surface area contributed by atoms with E-state index in [-0.39, 0.29) is 5.91 Å². The second-order valence-electron chi connectivity index (χ2n) is 4.18. The maximum atomic E-state index is 11.7. The largest absolute Gasteiger partial charge is 0.350 e. The Balaban J connectivity index is 1.78. The lowest BCUT2D eigenvalue weighted by molar-refractivity contribution is 0.0949. The van der Waals surface area contributed by atoms with Crippen molar-refractivity contribution in [2.45, 2.75) is 12.8 Å². The molecule has 0 spiro atoms. The van der Waals surface area contributed by atoms with Gasteiger partial charge in [0.05, 0.1) is 5.02 Å². The van der Waals surface area contributed by atoms with Gasteiger partial charge in [0.1, 0.15) is 5.69 Å². The molecule has 1 amide bonds. The van der Waals surface area contributed by atoms with Crippen molar-refractivity contribution in [3.8, 4) is 0 Å². The van der Waals surface area contributed by atoms with Crippen LogP contribution in [0.2, 0.25) is 5.02 Å². The van der Waals surface area contributed by atoms with Crippen molar-refractivity contribution in [2.75, 3.05) is 19.6 Å². The van der Waals surface area contributed by atoms with Gasteiger partial charge in [-0.3, -0.25) is 4.79 Å². The molecule has 96 valence electrons. The normalized spacial score (nSPS) is 15.1. The van der Waals surface area contributed by atoms with Crippen LogP contribution in [0, 0.1) is 0 Å². The van der Waals surface area contributed by atoms with Crippen LogP contribution in [0.4, 0.5) is 0 Å². The topological polar surface area (TPSA) is 54.0 Å². The third kappa shape index (κ3) is 3.82. The van der Waals surface area contributed by atoms with Crippen LogP contribution >= 0.6 is 11.6 Å².